The number of piperidine rings is 1. The van der Waals surface area contributed by atoms with Crippen molar-refractivity contribution in [1.29, 1.82) is 0 Å². The Labute approximate surface area is 155 Å². The third kappa shape index (κ3) is 5.41. The summed E-state index contributed by atoms with van der Waals surface area (Å²) < 4.78 is 24.5. The van der Waals surface area contributed by atoms with Crippen LogP contribution in [0.1, 0.15) is 24.4 Å². The molecule has 1 fully saturated rings. The van der Waals surface area contributed by atoms with Crippen molar-refractivity contribution >= 4 is 27.5 Å². The Morgan fingerprint density at radius 1 is 1.32 bits per heavy atom. The number of carbonyl (C=O) groups excluding carboxylic acids is 1. The summed E-state index contributed by atoms with van der Waals surface area (Å²) in [6, 6.07) is 7.60. The molecule has 1 aromatic rings. The van der Waals surface area contributed by atoms with Crippen molar-refractivity contribution in [2.24, 2.45) is 5.92 Å². The van der Waals surface area contributed by atoms with E-state index in [2.05, 4.69) is 5.32 Å². The van der Waals surface area contributed by atoms with Crippen LogP contribution in [0.25, 0.3) is 0 Å². The van der Waals surface area contributed by atoms with Crippen LogP contribution in [0.3, 0.4) is 0 Å². The van der Waals surface area contributed by atoms with Gasteiger partial charge in [0, 0.05) is 30.6 Å². The van der Waals surface area contributed by atoms with Gasteiger partial charge in [-0.3, -0.25) is 4.79 Å². The van der Waals surface area contributed by atoms with Crippen molar-refractivity contribution < 1.29 is 13.2 Å². The Balaban J connectivity index is 1.93. The summed E-state index contributed by atoms with van der Waals surface area (Å²) in [5.41, 5.74) is 0.973. The number of amides is 1. The van der Waals surface area contributed by atoms with E-state index in [0.29, 0.717) is 37.5 Å². The van der Waals surface area contributed by atoms with Gasteiger partial charge in [-0.25, -0.2) is 12.7 Å². The fourth-order valence-corrected chi connectivity index (χ4v) is 4.24. The molecule has 1 amide bonds. The third-order valence-corrected chi connectivity index (χ3v) is 6.30. The average molecular weight is 388 g/mol. The van der Waals surface area contributed by atoms with Crippen molar-refractivity contribution in [2.75, 3.05) is 40.0 Å². The Kier molecular flexibility index (Phi) is 6.85. The van der Waals surface area contributed by atoms with Gasteiger partial charge in [0.25, 0.3) is 0 Å². The Morgan fingerprint density at radius 3 is 2.44 bits per heavy atom. The molecule has 1 aliphatic heterocycles. The van der Waals surface area contributed by atoms with Crippen molar-refractivity contribution in [3.05, 3.63) is 34.9 Å². The highest BCUT2D eigenvalue weighted by Crippen LogP contribution is 2.26. The van der Waals surface area contributed by atoms with Gasteiger partial charge in [-0.1, -0.05) is 29.8 Å². The van der Waals surface area contributed by atoms with E-state index in [9.17, 15) is 13.2 Å². The zero-order valence-corrected chi connectivity index (χ0v) is 16.5. The number of carbonyl (C=O) groups is 1. The first kappa shape index (κ1) is 20.2. The van der Waals surface area contributed by atoms with Crippen LogP contribution in [-0.2, 0) is 14.8 Å². The van der Waals surface area contributed by atoms with Crippen LogP contribution in [0.5, 0.6) is 0 Å². The van der Waals surface area contributed by atoms with E-state index in [0.717, 1.165) is 5.56 Å². The third-order valence-electron chi connectivity index (χ3n) is 4.65. The fraction of sp³-hybridized carbons (Fsp3) is 0.588. The first-order valence-corrected chi connectivity index (χ1v) is 10.6. The maximum Gasteiger partial charge on any atom is 0.223 e. The smallest absolute Gasteiger partial charge is 0.223 e. The van der Waals surface area contributed by atoms with E-state index >= 15 is 0 Å². The van der Waals surface area contributed by atoms with Crippen molar-refractivity contribution in [1.82, 2.24) is 14.5 Å². The highest BCUT2D eigenvalue weighted by molar-refractivity contribution is 7.88. The molecule has 1 aliphatic rings. The number of hydrogen-bond acceptors (Lipinski definition) is 4. The second-order valence-corrected chi connectivity index (χ2v) is 9.07. The molecule has 1 aromatic carbocycles. The minimum atomic E-state index is -3.17. The molecule has 6 nitrogen and oxygen atoms in total. The lowest BCUT2D eigenvalue weighted by molar-refractivity contribution is -0.126. The molecule has 1 saturated heterocycles. The molecule has 0 bridgehead atoms. The summed E-state index contributed by atoms with van der Waals surface area (Å²) in [7, 11) is 0.726. The van der Waals surface area contributed by atoms with Gasteiger partial charge in [0.05, 0.1) is 12.3 Å². The quantitative estimate of drug-likeness (QED) is 0.807. The number of rotatable bonds is 6. The number of halogens is 1. The van der Waals surface area contributed by atoms with E-state index in [1.165, 1.54) is 10.6 Å². The van der Waals surface area contributed by atoms with Crippen LogP contribution in [0.4, 0.5) is 0 Å². The molecule has 0 radical (unpaired) electrons. The van der Waals surface area contributed by atoms with Crippen LogP contribution < -0.4 is 5.32 Å². The second-order valence-electron chi connectivity index (χ2n) is 6.68. The van der Waals surface area contributed by atoms with Crippen LogP contribution in [0.15, 0.2) is 24.3 Å². The van der Waals surface area contributed by atoms with Gasteiger partial charge in [-0.2, -0.15) is 0 Å². The zero-order valence-electron chi connectivity index (χ0n) is 14.9. The minimum Gasteiger partial charge on any atom is -0.354 e. The Hall–Kier alpha value is -1.15. The normalized spacial score (nSPS) is 18.3. The number of nitrogens with one attached hydrogen (secondary N) is 1. The van der Waals surface area contributed by atoms with Crippen molar-refractivity contribution in [2.45, 2.75) is 18.9 Å². The lowest BCUT2D eigenvalue weighted by Crippen LogP contribution is -2.44. The van der Waals surface area contributed by atoms with Crippen molar-refractivity contribution in [3.8, 4) is 0 Å². The number of benzene rings is 1. The van der Waals surface area contributed by atoms with Gasteiger partial charge in [0.15, 0.2) is 0 Å². The van der Waals surface area contributed by atoms with Crippen LogP contribution in [-0.4, -0.2) is 63.5 Å². The molecular weight excluding hydrogens is 362 g/mol. The van der Waals surface area contributed by atoms with Gasteiger partial charge in [0.2, 0.25) is 15.9 Å². The maximum atomic E-state index is 12.5. The number of hydrogen-bond donors (Lipinski definition) is 1. The highest BCUT2D eigenvalue weighted by atomic mass is 35.5. The number of likely N-dealkylation sites (N-methyl/N-ethyl adjacent to an activating group) is 1. The fourth-order valence-electron chi connectivity index (χ4n) is 3.11. The first-order chi connectivity index (χ1) is 11.7. The summed E-state index contributed by atoms with van der Waals surface area (Å²) in [6.07, 6.45) is 2.31. The summed E-state index contributed by atoms with van der Waals surface area (Å²) in [4.78, 5) is 14.5. The van der Waals surface area contributed by atoms with E-state index in [1.807, 2.05) is 43.3 Å². The molecule has 1 atom stereocenters. The first-order valence-electron chi connectivity index (χ1n) is 8.34. The zero-order chi connectivity index (χ0) is 18.6. The molecule has 0 spiro atoms. The number of sulfonamides is 1. The lowest BCUT2D eigenvalue weighted by atomic mass is 9.97. The average Bonchev–Trinajstić information content (AvgIpc) is 2.55. The van der Waals surface area contributed by atoms with Gasteiger partial charge in [0.1, 0.15) is 0 Å². The topological polar surface area (TPSA) is 69.7 Å². The predicted octanol–water partition coefficient (Wildman–Crippen LogP) is 1.73. The van der Waals surface area contributed by atoms with Gasteiger partial charge in [-0.05, 0) is 38.6 Å². The molecule has 8 heteroatoms. The second kappa shape index (κ2) is 8.49. The Bertz CT molecular complexity index is 701. The number of nitrogens with zero attached hydrogens (tertiary/aromatic N) is 2. The lowest BCUT2D eigenvalue weighted by Gasteiger charge is -2.31. The molecule has 0 aromatic heterocycles. The van der Waals surface area contributed by atoms with E-state index < -0.39 is 10.0 Å². The molecule has 0 aliphatic carbocycles. The molecule has 0 saturated carbocycles. The summed E-state index contributed by atoms with van der Waals surface area (Å²) in [5, 5.41) is 3.68. The predicted molar refractivity (Wildman–Crippen MR) is 100 cm³/mol. The van der Waals surface area contributed by atoms with Crippen LogP contribution in [0, 0.1) is 5.92 Å². The van der Waals surface area contributed by atoms with Gasteiger partial charge in [-0.15, -0.1) is 0 Å². The molecule has 25 heavy (non-hydrogen) atoms. The molecule has 1 N–H and O–H groups in total. The monoisotopic (exact) mass is 387 g/mol. The van der Waals surface area contributed by atoms with E-state index in [4.69, 9.17) is 11.6 Å². The van der Waals surface area contributed by atoms with Gasteiger partial charge >= 0.3 is 0 Å². The van der Waals surface area contributed by atoms with Crippen LogP contribution >= 0.6 is 11.6 Å². The van der Waals surface area contributed by atoms with E-state index in [1.54, 1.807) is 0 Å². The summed E-state index contributed by atoms with van der Waals surface area (Å²) in [6.45, 7) is 1.26. The Morgan fingerprint density at radius 2 is 1.92 bits per heavy atom. The molecular formula is C17H26ClN3O3S. The molecule has 2 rings (SSSR count). The molecule has 1 heterocycles. The standard InChI is InChI=1S/C17H26ClN3O3S/c1-20(2)16(14-6-4-5-7-15(14)18)12-19-17(22)13-8-10-21(11-9-13)25(3,23)24/h4-7,13,16H,8-12H2,1-3H3,(H,19,22)/t16-/m1/s1. The van der Waals surface area contributed by atoms with E-state index in [-0.39, 0.29) is 17.9 Å². The largest absolute Gasteiger partial charge is 0.354 e. The maximum absolute atomic E-state index is 12.5. The van der Waals surface area contributed by atoms with Crippen molar-refractivity contribution in [3.63, 3.8) is 0 Å². The van der Waals surface area contributed by atoms with Crippen LogP contribution in [0.2, 0.25) is 5.02 Å². The minimum absolute atomic E-state index is 0.0197. The molecule has 0 unspecified atom stereocenters. The van der Waals surface area contributed by atoms with Gasteiger partial charge < -0.3 is 10.2 Å². The molecule has 140 valence electrons. The SMILES string of the molecule is CN(C)[C@H](CNC(=O)C1CCN(S(C)(=O)=O)CC1)c1ccccc1Cl. The summed E-state index contributed by atoms with van der Waals surface area (Å²) in [5.74, 6) is -0.167. The summed E-state index contributed by atoms with van der Waals surface area (Å²) >= 11 is 6.28. The highest BCUT2D eigenvalue weighted by Gasteiger charge is 2.29.